The van der Waals surface area contributed by atoms with Gasteiger partial charge in [0.2, 0.25) is 0 Å². The summed E-state index contributed by atoms with van der Waals surface area (Å²) in [5.74, 6) is 0.463. The van der Waals surface area contributed by atoms with Crippen LogP contribution in [0.2, 0.25) is 0 Å². The Balaban J connectivity index is 3.73. The van der Waals surface area contributed by atoms with Gasteiger partial charge in [-0.15, -0.1) is 0 Å². The largest absolute Gasteiger partial charge is 0.463 e. The van der Waals surface area contributed by atoms with Crippen molar-refractivity contribution in [2.24, 2.45) is 5.92 Å². The van der Waals surface area contributed by atoms with Crippen molar-refractivity contribution in [2.75, 3.05) is 6.61 Å². The molecule has 0 aliphatic carbocycles. The lowest BCUT2D eigenvalue weighted by Gasteiger charge is -2.07. The second-order valence-corrected chi connectivity index (χ2v) is 2.43. The van der Waals surface area contributed by atoms with Gasteiger partial charge < -0.3 is 4.74 Å². The summed E-state index contributed by atoms with van der Waals surface area (Å²) >= 11 is 0. The maximum atomic E-state index is 9.80. The van der Waals surface area contributed by atoms with E-state index in [0.717, 1.165) is 5.57 Å². The first-order valence-corrected chi connectivity index (χ1v) is 3.42. The second kappa shape index (κ2) is 5.03. The fourth-order valence-electron chi connectivity index (χ4n) is 0.714. The Morgan fingerprint density at radius 3 is 2.50 bits per heavy atom. The minimum absolute atomic E-state index is 0.428. The molecule has 0 bridgehead atoms. The molecule has 2 nitrogen and oxygen atoms in total. The van der Waals surface area contributed by atoms with Crippen molar-refractivity contribution in [1.82, 2.24) is 0 Å². The van der Waals surface area contributed by atoms with E-state index in [1.807, 2.05) is 13.0 Å². The van der Waals surface area contributed by atoms with Crippen molar-refractivity contribution in [3.8, 4) is 0 Å². The Labute approximate surface area is 61.9 Å². The Kier molecular flexibility index (Phi) is 4.63. The molecule has 10 heavy (non-hydrogen) atoms. The lowest BCUT2D eigenvalue weighted by molar-refractivity contribution is -0.127. The van der Waals surface area contributed by atoms with E-state index in [1.165, 1.54) is 0 Å². The van der Waals surface area contributed by atoms with Crippen molar-refractivity contribution in [3.05, 3.63) is 11.6 Å². The van der Waals surface area contributed by atoms with E-state index in [4.69, 9.17) is 0 Å². The van der Waals surface area contributed by atoms with Gasteiger partial charge in [0, 0.05) is 0 Å². The summed E-state index contributed by atoms with van der Waals surface area (Å²) in [6, 6.07) is 0. The predicted octanol–water partition coefficient (Wildman–Crippen LogP) is 1.76. The highest BCUT2D eigenvalue weighted by Crippen LogP contribution is 2.08. The van der Waals surface area contributed by atoms with Crippen LogP contribution in [0.4, 0.5) is 0 Å². The van der Waals surface area contributed by atoms with Gasteiger partial charge in [0.25, 0.3) is 6.47 Å². The number of hydrogen-bond donors (Lipinski definition) is 0. The molecule has 0 heterocycles. The average Bonchev–Trinajstić information content (AvgIpc) is 1.89. The topological polar surface area (TPSA) is 26.3 Å². The number of hydrogen-bond acceptors (Lipinski definition) is 2. The molecule has 0 radical (unpaired) electrons. The zero-order valence-corrected chi connectivity index (χ0v) is 6.76. The van der Waals surface area contributed by atoms with Gasteiger partial charge in [0.1, 0.15) is 6.61 Å². The van der Waals surface area contributed by atoms with Crippen LogP contribution < -0.4 is 0 Å². The summed E-state index contributed by atoms with van der Waals surface area (Å²) < 4.78 is 4.60. The number of rotatable bonds is 4. The number of allylic oxidation sites excluding steroid dienone is 1. The highest BCUT2D eigenvalue weighted by molar-refractivity contribution is 5.37. The molecule has 0 spiro atoms. The van der Waals surface area contributed by atoms with E-state index in [1.54, 1.807) is 0 Å². The monoisotopic (exact) mass is 142 g/mol. The zero-order chi connectivity index (χ0) is 7.98. The molecule has 0 aromatic rings. The van der Waals surface area contributed by atoms with Crippen molar-refractivity contribution in [1.29, 1.82) is 0 Å². The van der Waals surface area contributed by atoms with Crippen LogP contribution in [-0.4, -0.2) is 13.1 Å². The summed E-state index contributed by atoms with van der Waals surface area (Å²) in [7, 11) is 0. The minimum Gasteiger partial charge on any atom is -0.463 e. The molecule has 0 atom stereocenters. The SMILES string of the molecule is C/C=C(\COC=O)C(C)C. The Morgan fingerprint density at radius 1 is 1.60 bits per heavy atom. The zero-order valence-electron chi connectivity index (χ0n) is 6.76. The van der Waals surface area contributed by atoms with Gasteiger partial charge in [-0.3, -0.25) is 4.79 Å². The van der Waals surface area contributed by atoms with Gasteiger partial charge in [0.05, 0.1) is 0 Å². The van der Waals surface area contributed by atoms with Crippen LogP contribution in [0.1, 0.15) is 20.8 Å². The van der Waals surface area contributed by atoms with Crippen molar-refractivity contribution in [2.45, 2.75) is 20.8 Å². The van der Waals surface area contributed by atoms with Crippen molar-refractivity contribution < 1.29 is 9.53 Å². The third-order valence-electron chi connectivity index (χ3n) is 1.43. The maximum Gasteiger partial charge on any atom is 0.293 e. The molecule has 0 saturated heterocycles. The highest BCUT2D eigenvalue weighted by atomic mass is 16.5. The standard InChI is InChI=1S/C8H14O2/c1-4-8(7(2)3)5-10-6-9/h4,6-7H,5H2,1-3H3/b8-4+. The first kappa shape index (κ1) is 9.21. The predicted molar refractivity (Wildman–Crippen MR) is 40.6 cm³/mol. The average molecular weight is 142 g/mol. The normalized spacial score (nSPS) is 11.8. The molecular formula is C8H14O2. The molecule has 0 N–H and O–H groups in total. The molecule has 0 aromatic heterocycles. The lowest BCUT2D eigenvalue weighted by atomic mass is 10.0. The molecule has 0 aliphatic heterocycles. The van der Waals surface area contributed by atoms with Crippen LogP contribution in [-0.2, 0) is 9.53 Å². The van der Waals surface area contributed by atoms with Crippen LogP contribution in [0, 0.1) is 5.92 Å². The highest BCUT2D eigenvalue weighted by Gasteiger charge is 2.00. The summed E-state index contributed by atoms with van der Waals surface area (Å²) in [6.45, 7) is 7.00. The van der Waals surface area contributed by atoms with Crippen LogP contribution >= 0.6 is 0 Å². The third-order valence-corrected chi connectivity index (χ3v) is 1.43. The first-order chi connectivity index (χ1) is 4.72. The van der Waals surface area contributed by atoms with Gasteiger partial charge in [0.15, 0.2) is 0 Å². The fourth-order valence-corrected chi connectivity index (χ4v) is 0.714. The number of ether oxygens (including phenoxy) is 1. The molecule has 0 amide bonds. The second-order valence-electron chi connectivity index (χ2n) is 2.43. The maximum absolute atomic E-state index is 9.80. The molecule has 0 fully saturated rings. The Bertz CT molecular complexity index is 125. The molecule has 0 saturated carbocycles. The van der Waals surface area contributed by atoms with Crippen LogP contribution in [0.25, 0.3) is 0 Å². The summed E-state index contributed by atoms with van der Waals surface area (Å²) in [5.41, 5.74) is 1.16. The van der Waals surface area contributed by atoms with Crippen LogP contribution in [0.3, 0.4) is 0 Å². The smallest absolute Gasteiger partial charge is 0.293 e. The van der Waals surface area contributed by atoms with E-state index in [0.29, 0.717) is 19.0 Å². The first-order valence-electron chi connectivity index (χ1n) is 3.42. The molecule has 0 unspecified atom stereocenters. The van der Waals surface area contributed by atoms with Gasteiger partial charge in [-0.05, 0) is 18.4 Å². The van der Waals surface area contributed by atoms with Gasteiger partial charge in [-0.25, -0.2) is 0 Å². The quantitative estimate of drug-likeness (QED) is 0.441. The third kappa shape index (κ3) is 3.28. The van der Waals surface area contributed by atoms with E-state index < -0.39 is 0 Å². The molecule has 0 aromatic carbocycles. The number of carbonyl (C=O) groups is 1. The van der Waals surface area contributed by atoms with Crippen LogP contribution in [0.5, 0.6) is 0 Å². The van der Waals surface area contributed by atoms with Gasteiger partial charge in [-0.2, -0.15) is 0 Å². The van der Waals surface area contributed by atoms with E-state index in [9.17, 15) is 4.79 Å². The fraction of sp³-hybridized carbons (Fsp3) is 0.625. The molecule has 0 aliphatic rings. The van der Waals surface area contributed by atoms with Crippen LogP contribution in [0.15, 0.2) is 11.6 Å². The Morgan fingerprint density at radius 2 is 2.20 bits per heavy atom. The molecule has 2 heteroatoms. The van der Waals surface area contributed by atoms with Gasteiger partial charge >= 0.3 is 0 Å². The van der Waals surface area contributed by atoms with E-state index >= 15 is 0 Å². The minimum atomic E-state index is 0.428. The summed E-state index contributed by atoms with van der Waals surface area (Å²) in [6.07, 6.45) is 1.98. The van der Waals surface area contributed by atoms with E-state index in [-0.39, 0.29) is 0 Å². The Hall–Kier alpha value is -0.790. The van der Waals surface area contributed by atoms with Gasteiger partial charge in [-0.1, -0.05) is 19.9 Å². The summed E-state index contributed by atoms with van der Waals surface area (Å²) in [5, 5.41) is 0. The molecule has 58 valence electrons. The summed E-state index contributed by atoms with van der Waals surface area (Å²) in [4.78, 5) is 9.80. The van der Waals surface area contributed by atoms with Crippen molar-refractivity contribution >= 4 is 6.47 Å². The number of carbonyl (C=O) groups excluding carboxylic acids is 1. The molecule has 0 rings (SSSR count). The van der Waals surface area contributed by atoms with Crippen molar-refractivity contribution in [3.63, 3.8) is 0 Å². The molecular weight excluding hydrogens is 128 g/mol. The van der Waals surface area contributed by atoms with E-state index in [2.05, 4.69) is 18.6 Å². The lowest BCUT2D eigenvalue weighted by Crippen LogP contribution is -2.02.